The number of carbonyl (C=O) groups excluding carboxylic acids is 1. The smallest absolute Gasteiger partial charge is 0.342 e. The first-order chi connectivity index (χ1) is 13.4. The Kier molecular flexibility index (Phi) is 7.92. The molecule has 0 radical (unpaired) electrons. The molecule has 1 heterocycles. The number of hydrogen-bond acceptors (Lipinski definition) is 7. The topological polar surface area (TPSA) is 94.4 Å². The van der Waals surface area contributed by atoms with E-state index >= 15 is 0 Å². The van der Waals surface area contributed by atoms with Crippen molar-refractivity contribution < 1.29 is 19.4 Å². The van der Waals surface area contributed by atoms with Crippen LogP contribution >= 0.6 is 0 Å². The Bertz CT molecular complexity index is 807. The molecule has 1 aromatic carbocycles. The van der Waals surface area contributed by atoms with Crippen LogP contribution in [0.2, 0.25) is 0 Å². The number of esters is 1. The number of phenols is 1. The number of aromatic nitrogens is 3. The minimum absolute atomic E-state index is 0.0183. The molecule has 0 aliphatic rings. The maximum absolute atomic E-state index is 12.5. The molecule has 7 nitrogen and oxygen atoms in total. The van der Waals surface area contributed by atoms with E-state index in [0.717, 1.165) is 25.7 Å². The lowest BCUT2D eigenvalue weighted by atomic mass is 10.1. The predicted molar refractivity (Wildman–Crippen MR) is 106 cm³/mol. The van der Waals surface area contributed by atoms with Gasteiger partial charge in [0.25, 0.3) is 0 Å². The highest BCUT2D eigenvalue weighted by Gasteiger charge is 2.22. The van der Waals surface area contributed by atoms with Gasteiger partial charge in [-0.3, -0.25) is 0 Å². The molecule has 1 aromatic heterocycles. The second-order valence-electron chi connectivity index (χ2n) is 6.98. The molecule has 1 N–H and O–H groups in total. The molecule has 0 bridgehead atoms. The Hall–Kier alpha value is -2.96. The van der Waals surface area contributed by atoms with E-state index in [9.17, 15) is 9.90 Å². The summed E-state index contributed by atoms with van der Waals surface area (Å²) < 4.78 is 10.9. The SMILES string of the molecule is C=C(C)Oc1c(C(=O)OCCCCCC(C)C)ccc(-c2ncncn2)c1O. The minimum Gasteiger partial charge on any atom is -0.504 e. The molecule has 0 amide bonds. The van der Waals surface area contributed by atoms with Gasteiger partial charge < -0.3 is 14.6 Å². The average Bonchev–Trinajstić information content (AvgIpc) is 2.66. The first kappa shape index (κ1) is 21.3. The number of ether oxygens (including phenoxy) is 2. The summed E-state index contributed by atoms with van der Waals surface area (Å²) in [6.07, 6.45) is 6.72. The van der Waals surface area contributed by atoms with E-state index in [0.29, 0.717) is 23.8 Å². The third-order valence-corrected chi connectivity index (χ3v) is 4.02. The van der Waals surface area contributed by atoms with Gasteiger partial charge in [0.2, 0.25) is 0 Å². The van der Waals surface area contributed by atoms with Gasteiger partial charge >= 0.3 is 5.97 Å². The number of hydrogen-bond donors (Lipinski definition) is 1. The summed E-state index contributed by atoms with van der Waals surface area (Å²) in [4.78, 5) is 24.3. The maximum atomic E-state index is 12.5. The highest BCUT2D eigenvalue weighted by atomic mass is 16.5. The molecule has 0 unspecified atom stereocenters. The molecule has 0 fully saturated rings. The van der Waals surface area contributed by atoms with Gasteiger partial charge in [-0.2, -0.15) is 0 Å². The largest absolute Gasteiger partial charge is 0.504 e. The summed E-state index contributed by atoms with van der Waals surface area (Å²) in [5.41, 5.74) is 0.448. The Morgan fingerprint density at radius 1 is 1.18 bits per heavy atom. The summed E-state index contributed by atoms with van der Waals surface area (Å²) in [7, 11) is 0. The Balaban J connectivity index is 2.13. The summed E-state index contributed by atoms with van der Waals surface area (Å²) in [6.45, 7) is 10.0. The fourth-order valence-corrected chi connectivity index (χ4v) is 2.64. The van der Waals surface area contributed by atoms with Gasteiger partial charge in [-0.15, -0.1) is 0 Å². The number of aromatic hydroxyl groups is 1. The molecule has 28 heavy (non-hydrogen) atoms. The van der Waals surface area contributed by atoms with Gasteiger partial charge in [-0.05, 0) is 31.4 Å². The normalized spacial score (nSPS) is 10.7. The van der Waals surface area contributed by atoms with Gasteiger partial charge in [0, 0.05) is 0 Å². The van der Waals surface area contributed by atoms with E-state index in [4.69, 9.17) is 9.47 Å². The molecule has 150 valence electrons. The molecule has 0 atom stereocenters. The lowest BCUT2D eigenvalue weighted by Crippen LogP contribution is -2.09. The van der Waals surface area contributed by atoms with Crippen LogP contribution in [0.1, 0.15) is 56.8 Å². The fourth-order valence-electron chi connectivity index (χ4n) is 2.64. The molecule has 0 saturated carbocycles. The van der Waals surface area contributed by atoms with Crippen LogP contribution in [-0.2, 0) is 4.74 Å². The van der Waals surface area contributed by atoms with Crippen molar-refractivity contribution in [1.29, 1.82) is 0 Å². The van der Waals surface area contributed by atoms with Crippen molar-refractivity contribution in [2.24, 2.45) is 5.92 Å². The van der Waals surface area contributed by atoms with Crippen LogP contribution in [0.25, 0.3) is 11.4 Å². The van der Waals surface area contributed by atoms with Crippen LogP contribution in [0.5, 0.6) is 11.5 Å². The number of nitrogens with zero attached hydrogens (tertiary/aromatic N) is 3. The van der Waals surface area contributed by atoms with Crippen LogP contribution in [0.15, 0.2) is 37.1 Å². The van der Waals surface area contributed by atoms with Crippen LogP contribution in [-0.4, -0.2) is 32.6 Å². The molecular formula is C21H27N3O4. The third-order valence-electron chi connectivity index (χ3n) is 4.02. The highest BCUT2D eigenvalue weighted by molar-refractivity contribution is 5.95. The Labute approximate surface area is 165 Å². The quantitative estimate of drug-likeness (QED) is 0.365. The minimum atomic E-state index is -0.558. The number of carbonyl (C=O) groups is 1. The van der Waals surface area contributed by atoms with E-state index in [1.807, 2.05) is 0 Å². The molecule has 0 saturated heterocycles. The Morgan fingerprint density at radius 2 is 1.89 bits per heavy atom. The zero-order chi connectivity index (χ0) is 20.5. The van der Waals surface area contributed by atoms with Gasteiger partial charge in [-0.1, -0.05) is 39.7 Å². The van der Waals surface area contributed by atoms with Crippen LogP contribution in [0.3, 0.4) is 0 Å². The summed E-state index contributed by atoms with van der Waals surface area (Å²) >= 11 is 0. The van der Waals surface area contributed by atoms with E-state index in [1.54, 1.807) is 13.0 Å². The van der Waals surface area contributed by atoms with Crippen molar-refractivity contribution >= 4 is 5.97 Å². The predicted octanol–water partition coefficient (Wildman–Crippen LogP) is 4.53. The van der Waals surface area contributed by atoms with E-state index in [1.165, 1.54) is 18.7 Å². The first-order valence-electron chi connectivity index (χ1n) is 9.39. The standard InChI is InChI=1S/C21H27N3O4/c1-14(2)8-6-5-7-11-27-21(26)17-10-9-16(20-23-12-22-13-24-20)18(25)19(17)28-15(3)4/h9-10,12-14,25H,3,5-8,11H2,1-2,4H3. The van der Waals surface area contributed by atoms with Crippen molar-refractivity contribution in [2.45, 2.75) is 46.5 Å². The zero-order valence-corrected chi connectivity index (χ0v) is 16.6. The molecular weight excluding hydrogens is 358 g/mol. The van der Waals surface area contributed by atoms with Crippen LogP contribution in [0.4, 0.5) is 0 Å². The van der Waals surface area contributed by atoms with Gasteiger partial charge in [0.1, 0.15) is 18.2 Å². The van der Waals surface area contributed by atoms with Crippen molar-refractivity contribution in [1.82, 2.24) is 15.0 Å². The van der Waals surface area contributed by atoms with E-state index < -0.39 is 5.97 Å². The second-order valence-corrected chi connectivity index (χ2v) is 6.98. The summed E-state index contributed by atoms with van der Waals surface area (Å²) in [6, 6.07) is 3.08. The molecule has 0 spiro atoms. The molecule has 0 aliphatic heterocycles. The summed E-state index contributed by atoms with van der Waals surface area (Å²) in [5.74, 6) is 0.443. The lowest BCUT2D eigenvalue weighted by molar-refractivity contribution is 0.0493. The van der Waals surface area contributed by atoms with Crippen LogP contribution < -0.4 is 4.74 Å². The number of rotatable bonds is 10. The van der Waals surface area contributed by atoms with E-state index in [-0.39, 0.29) is 22.9 Å². The van der Waals surface area contributed by atoms with Gasteiger partial charge in [0.15, 0.2) is 17.3 Å². The Morgan fingerprint density at radius 3 is 2.54 bits per heavy atom. The number of phenolic OH excluding ortho intramolecular Hbond substituents is 1. The lowest BCUT2D eigenvalue weighted by Gasteiger charge is -2.14. The van der Waals surface area contributed by atoms with Crippen LogP contribution in [0, 0.1) is 5.92 Å². The highest BCUT2D eigenvalue weighted by Crippen LogP contribution is 2.39. The molecule has 0 aliphatic carbocycles. The fraction of sp³-hybridized carbons (Fsp3) is 0.429. The van der Waals surface area contributed by atoms with Crippen molar-refractivity contribution in [3.8, 4) is 22.9 Å². The van der Waals surface area contributed by atoms with Crippen molar-refractivity contribution in [3.63, 3.8) is 0 Å². The van der Waals surface area contributed by atoms with Crippen molar-refractivity contribution in [3.05, 3.63) is 42.7 Å². The number of allylic oxidation sites excluding steroid dienone is 1. The second kappa shape index (κ2) is 10.4. The maximum Gasteiger partial charge on any atom is 0.342 e. The van der Waals surface area contributed by atoms with E-state index in [2.05, 4.69) is 35.4 Å². The zero-order valence-electron chi connectivity index (χ0n) is 16.6. The van der Waals surface area contributed by atoms with Crippen molar-refractivity contribution in [2.75, 3.05) is 6.61 Å². The monoisotopic (exact) mass is 385 g/mol. The number of unbranched alkanes of at least 4 members (excludes halogenated alkanes) is 2. The van der Waals surface area contributed by atoms with Gasteiger partial charge in [-0.25, -0.2) is 19.7 Å². The third kappa shape index (κ3) is 6.04. The molecule has 2 rings (SSSR count). The molecule has 7 heteroatoms. The van der Waals surface area contributed by atoms with Gasteiger partial charge in [0.05, 0.1) is 17.9 Å². The molecule has 2 aromatic rings. The first-order valence-corrected chi connectivity index (χ1v) is 9.39. The summed E-state index contributed by atoms with van der Waals surface area (Å²) in [5, 5.41) is 10.6. The number of benzene rings is 1. The average molecular weight is 385 g/mol.